The number of nitrogens with one attached hydrogen (secondary N) is 1. The summed E-state index contributed by atoms with van der Waals surface area (Å²) in [5, 5.41) is 12.6. The summed E-state index contributed by atoms with van der Waals surface area (Å²) in [5.74, 6) is 0. The zero-order valence-corrected chi connectivity index (χ0v) is 11.9. The van der Waals surface area contributed by atoms with Crippen molar-refractivity contribution >= 4 is 0 Å². The largest absolute Gasteiger partial charge is 0.396 e. The van der Waals surface area contributed by atoms with E-state index < -0.39 is 0 Å². The Morgan fingerprint density at radius 2 is 1.94 bits per heavy atom. The Labute approximate surface area is 112 Å². The molecule has 2 fully saturated rings. The van der Waals surface area contributed by atoms with Crippen molar-refractivity contribution in [2.75, 3.05) is 19.7 Å². The van der Waals surface area contributed by atoms with Gasteiger partial charge in [0.2, 0.25) is 0 Å². The number of aliphatic hydroxyl groups excluding tert-OH is 1. The van der Waals surface area contributed by atoms with Crippen LogP contribution in [0.25, 0.3) is 0 Å². The van der Waals surface area contributed by atoms with E-state index in [4.69, 9.17) is 5.11 Å². The van der Waals surface area contributed by atoms with Crippen LogP contribution in [0.3, 0.4) is 0 Å². The summed E-state index contributed by atoms with van der Waals surface area (Å²) < 4.78 is 0. The van der Waals surface area contributed by atoms with E-state index in [0.717, 1.165) is 31.1 Å². The van der Waals surface area contributed by atoms with Crippen molar-refractivity contribution in [2.45, 2.75) is 76.4 Å². The maximum absolute atomic E-state index is 8.99. The minimum Gasteiger partial charge on any atom is -0.396 e. The number of nitrogens with zero attached hydrogens (tertiary/aromatic N) is 1. The van der Waals surface area contributed by atoms with Crippen molar-refractivity contribution < 1.29 is 5.11 Å². The zero-order valence-electron chi connectivity index (χ0n) is 11.9. The first-order chi connectivity index (χ1) is 8.85. The lowest BCUT2D eigenvalue weighted by molar-refractivity contribution is 0.121. The highest BCUT2D eigenvalue weighted by Crippen LogP contribution is 2.31. The van der Waals surface area contributed by atoms with E-state index in [1.165, 1.54) is 51.5 Å². The third-order valence-corrected chi connectivity index (χ3v) is 4.78. The molecule has 1 aliphatic carbocycles. The average Bonchev–Trinajstić information content (AvgIpc) is 2.86. The highest BCUT2D eigenvalue weighted by Gasteiger charge is 2.32. The summed E-state index contributed by atoms with van der Waals surface area (Å²) in [5.41, 5.74) is 0. The molecule has 0 amide bonds. The van der Waals surface area contributed by atoms with Crippen molar-refractivity contribution in [2.24, 2.45) is 0 Å². The Morgan fingerprint density at radius 1 is 1.17 bits per heavy atom. The monoisotopic (exact) mass is 254 g/mol. The maximum atomic E-state index is 8.99. The van der Waals surface area contributed by atoms with Crippen molar-refractivity contribution in [3.05, 3.63) is 0 Å². The fourth-order valence-corrected chi connectivity index (χ4v) is 3.88. The van der Waals surface area contributed by atoms with Gasteiger partial charge in [0.05, 0.1) is 0 Å². The first kappa shape index (κ1) is 14.3. The van der Waals surface area contributed by atoms with Crippen LogP contribution in [0.2, 0.25) is 0 Å². The summed E-state index contributed by atoms with van der Waals surface area (Å²) in [6.45, 7) is 4.97. The first-order valence-electron chi connectivity index (χ1n) is 7.95. The van der Waals surface area contributed by atoms with Crippen LogP contribution in [-0.4, -0.2) is 47.8 Å². The van der Waals surface area contributed by atoms with Gasteiger partial charge in [-0.15, -0.1) is 0 Å². The fourth-order valence-electron chi connectivity index (χ4n) is 3.88. The van der Waals surface area contributed by atoms with Crippen LogP contribution < -0.4 is 5.32 Å². The van der Waals surface area contributed by atoms with Crippen LogP contribution >= 0.6 is 0 Å². The second-order valence-corrected chi connectivity index (χ2v) is 5.96. The topological polar surface area (TPSA) is 35.5 Å². The number of rotatable bonds is 6. The van der Waals surface area contributed by atoms with Gasteiger partial charge in [0.25, 0.3) is 0 Å². The first-order valence-corrected chi connectivity index (χ1v) is 7.95. The summed E-state index contributed by atoms with van der Waals surface area (Å²) in [4.78, 5) is 2.76. The van der Waals surface area contributed by atoms with Crippen molar-refractivity contribution in [3.63, 3.8) is 0 Å². The molecular weight excluding hydrogens is 224 g/mol. The molecule has 0 aromatic rings. The summed E-state index contributed by atoms with van der Waals surface area (Å²) in [7, 11) is 0. The molecule has 0 spiro atoms. The Kier molecular flexibility index (Phi) is 5.93. The summed E-state index contributed by atoms with van der Waals surface area (Å²) in [6.07, 6.45) is 10.3. The van der Waals surface area contributed by atoms with Gasteiger partial charge in [-0.3, -0.25) is 4.90 Å². The van der Waals surface area contributed by atoms with Crippen LogP contribution in [0.4, 0.5) is 0 Å². The van der Waals surface area contributed by atoms with E-state index in [0.29, 0.717) is 6.61 Å². The minimum absolute atomic E-state index is 0.359. The third-order valence-electron chi connectivity index (χ3n) is 4.78. The predicted octanol–water partition coefficient (Wildman–Crippen LogP) is 2.14. The van der Waals surface area contributed by atoms with Crippen LogP contribution in [0.5, 0.6) is 0 Å². The van der Waals surface area contributed by atoms with Gasteiger partial charge >= 0.3 is 0 Å². The Bertz CT molecular complexity index is 227. The number of hydrogen-bond donors (Lipinski definition) is 2. The molecule has 1 saturated carbocycles. The van der Waals surface area contributed by atoms with Crippen LogP contribution in [0, 0.1) is 0 Å². The van der Waals surface area contributed by atoms with E-state index in [9.17, 15) is 0 Å². The van der Waals surface area contributed by atoms with Crippen molar-refractivity contribution in [1.29, 1.82) is 0 Å². The lowest BCUT2D eigenvalue weighted by Crippen LogP contribution is -2.44. The normalized spacial score (nSPS) is 34.0. The van der Waals surface area contributed by atoms with Crippen LogP contribution in [0.15, 0.2) is 0 Å². The summed E-state index contributed by atoms with van der Waals surface area (Å²) in [6, 6.07) is 2.36. The highest BCUT2D eigenvalue weighted by molar-refractivity contribution is 4.89. The third kappa shape index (κ3) is 3.69. The lowest BCUT2D eigenvalue weighted by atomic mass is 9.89. The average molecular weight is 254 g/mol. The number of hydrogen-bond acceptors (Lipinski definition) is 3. The van der Waals surface area contributed by atoms with E-state index >= 15 is 0 Å². The standard InChI is InChI=1S/C15H30N2O/c1-2-16-13-7-9-15(10-8-13)17-11-3-5-14(17)6-4-12-18/h13-16,18H,2-12H2,1H3. The van der Waals surface area contributed by atoms with Gasteiger partial charge < -0.3 is 10.4 Å². The molecule has 18 heavy (non-hydrogen) atoms. The summed E-state index contributed by atoms with van der Waals surface area (Å²) >= 11 is 0. The van der Waals surface area contributed by atoms with Gasteiger partial charge in [-0.25, -0.2) is 0 Å². The molecule has 3 heteroatoms. The maximum Gasteiger partial charge on any atom is 0.0431 e. The van der Waals surface area contributed by atoms with E-state index in [-0.39, 0.29) is 0 Å². The van der Waals surface area contributed by atoms with Crippen LogP contribution in [-0.2, 0) is 0 Å². The number of likely N-dealkylation sites (tertiary alicyclic amines) is 1. The highest BCUT2D eigenvalue weighted by atomic mass is 16.2. The second-order valence-electron chi connectivity index (χ2n) is 5.96. The smallest absolute Gasteiger partial charge is 0.0431 e. The van der Waals surface area contributed by atoms with E-state index in [1.54, 1.807) is 0 Å². The Morgan fingerprint density at radius 3 is 2.61 bits per heavy atom. The van der Waals surface area contributed by atoms with Crippen molar-refractivity contribution in [3.8, 4) is 0 Å². The molecular formula is C15H30N2O. The molecule has 1 atom stereocenters. The van der Waals surface area contributed by atoms with E-state index in [1.807, 2.05) is 0 Å². The molecule has 1 aliphatic heterocycles. The fraction of sp³-hybridized carbons (Fsp3) is 1.00. The minimum atomic E-state index is 0.359. The zero-order chi connectivity index (χ0) is 12.8. The van der Waals surface area contributed by atoms with E-state index in [2.05, 4.69) is 17.1 Å². The molecule has 2 aliphatic rings. The molecule has 0 bridgehead atoms. The van der Waals surface area contributed by atoms with Crippen molar-refractivity contribution in [1.82, 2.24) is 10.2 Å². The molecule has 106 valence electrons. The number of aliphatic hydroxyl groups is 1. The Balaban J connectivity index is 1.77. The molecule has 0 aromatic heterocycles. The van der Waals surface area contributed by atoms with Gasteiger partial charge in [-0.05, 0) is 64.5 Å². The second kappa shape index (κ2) is 7.46. The molecule has 1 saturated heterocycles. The molecule has 0 aromatic carbocycles. The van der Waals surface area contributed by atoms with Gasteiger partial charge in [-0.1, -0.05) is 6.92 Å². The molecule has 1 unspecified atom stereocenters. The van der Waals surface area contributed by atoms with Gasteiger partial charge in [0, 0.05) is 24.7 Å². The quantitative estimate of drug-likeness (QED) is 0.762. The predicted molar refractivity (Wildman–Crippen MR) is 75.8 cm³/mol. The SMILES string of the molecule is CCNC1CCC(N2CCCC2CCCO)CC1. The van der Waals surface area contributed by atoms with Gasteiger partial charge in [0.1, 0.15) is 0 Å². The molecule has 3 nitrogen and oxygen atoms in total. The molecule has 2 N–H and O–H groups in total. The molecule has 1 heterocycles. The molecule has 0 radical (unpaired) electrons. The lowest BCUT2D eigenvalue weighted by Gasteiger charge is -2.38. The van der Waals surface area contributed by atoms with Crippen LogP contribution in [0.1, 0.15) is 58.3 Å². The van der Waals surface area contributed by atoms with Gasteiger partial charge in [-0.2, -0.15) is 0 Å². The molecule has 2 rings (SSSR count). The Hall–Kier alpha value is -0.120. The van der Waals surface area contributed by atoms with Gasteiger partial charge in [0.15, 0.2) is 0 Å².